The topological polar surface area (TPSA) is 41.9 Å². The van der Waals surface area contributed by atoms with E-state index in [2.05, 4.69) is 49.9 Å². The summed E-state index contributed by atoms with van der Waals surface area (Å²) in [6, 6.07) is 18.6. The number of hydrogen-bond acceptors (Lipinski definition) is 4. The molecule has 0 bridgehead atoms. The highest BCUT2D eigenvalue weighted by atomic mass is 16.5. The van der Waals surface area contributed by atoms with Gasteiger partial charge in [-0.05, 0) is 35.6 Å². The zero-order chi connectivity index (χ0) is 22.1. The molecular formula is C27H39NO3. The second kappa shape index (κ2) is 11.7. The molecule has 0 radical (unpaired) electrons. The molecule has 1 fully saturated rings. The van der Waals surface area contributed by atoms with E-state index >= 15 is 0 Å². The summed E-state index contributed by atoms with van der Waals surface area (Å²) in [6.45, 7) is 11.3. The average molecular weight is 426 g/mol. The summed E-state index contributed by atoms with van der Waals surface area (Å²) in [5.74, 6) is 0.883. The van der Waals surface area contributed by atoms with Crippen molar-refractivity contribution in [2.24, 2.45) is 5.92 Å². The summed E-state index contributed by atoms with van der Waals surface area (Å²) >= 11 is 0. The third-order valence-corrected chi connectivity index (χ3v) is 6.49. The Labute approximate surface area is 188 Å². The second-order valence-corrected chi connectivity index (χ2v) is 8.94. The number of benzene rings is 2. The molecular weight excluding hydrogens is 386 g/mol. The lowest BCUT2D eigenvalue weighted by molar-refractivity contribution is -0.0547. The molecule has 170 valence electrons. The third kappa shape index (κ3) is 6.09. The average Bonchev–Trinajstić information content (AvgIpc) is 2.81. The van der Waals surface area contributed by atoms with Gasteiger partial charge < -0.3 is 14.6 Å². The van der Waals surface area contributed by atoms with E-state index in [1.165, 1.54) is 18.4 Å². The molecule has 1 saturated heterocycles. The lowest BCUT2D eigenvalue weighted by Crippen LogP contribution is -2.47. The van der Waals surface area contributed by atoms with Crippen molar-refractivity contribution in [2.45, 2.75) is 51.6 Å². The van der Waals surface area contributed by atoms with Crippen molar-refractivity contribution in [1.82, 2.24) is 4.90 Å². The Balaban J connectivity index is 1.87. The number of ether oxygens (including phenoxy) is 2. The van der Waals surface area contributed by atoms with Gasteiger partial charge in [0.05, 0.1) is 25.4 Å². The first-order valence-corrected chi connectivity index (χ1v) is 11.9. The van der Waals surface area contributed by atoms with Gasteiger partial charge in [-0.2, -0.15) is 0 Å². The maximum absolute atomic E-state index is 12.2. The molecule has 2 atom stereocenters. The highest BCUT2D eigenvalue weighted by molar-refractivity contribution is 5.36. The highest BCUT2D eigenvalue weighted by Crippen LogP contribution is 2.43. The van der Waals surface area contributed by atoms with Gasteiger partial charge in [-0.3, -0.25) is 4.90 Å². The number of morpholine rings is 1. The minimum absolute atomic E-state index is 0.0388. The fourth-order valence-corrected chi connectivity index (χ4v) is 4.52. The number of hydrogen-bond donors (Lipinski definition) is 1. The summed E-state index contributed by atoms with van der Waals surface area (Å²) in [6.07, 6.45) is 3.45. The van der Waals surface area contributed by atoms with E-state index in [0.29, 0.717) is 0 Å². The van der Waals surface area contributed by atoms with Crippen LogP contribution in [-0.2, 0) is 10.3 Å². The Morgan fingerprint density at radius 2 is 1.68 bits per heavy atom. The fraction of sp³-hybridized carbons (Fsp3) is 0.556. The van der Waals surface area contributed by atoms with Crippen molar-refractivity contribution in [3.63, 3.8) is 0 Å². The standard InChI is InChI=1S/C27H39NO3/c1-4-5-9-18-31-25-14-12-24(13-15-25)27(29,22(2)3)26(23-10-7-6-8-11-23)21-28-16-19-30-20-17-28/h6-8,10-15,22,26,29H,4-5,9,16-21H2,1-3H3/t26-,27-/m1/s1. The predicted octanol–water partition coefficient (Wildman–Crippen LogP) is 5.22. The maximum Gasteiger partial charge on any atom is 0.119 e. The molecule has 2 aromatic rings. The normalized spacial score (nSPS) is 18.0. The van der Waals surface area contributed by atoms with Crippen LogP contribution in [0.5, 0.6) is 5.75 Å². The molecule has 0 unspecified atom stereocenters. The van der Waals surface area contributed by atoms with Crippen molar-refractivity contribution in [3.8, 4) is 5.75 Å². The summed E-state index contributed by atoms with van der Waals surface area (Å²) in [4.78, 5) is 2.42. The number of rotatable bonds is 11. The Bertz CT molecular complexity index is 756. The van der Waals surface area contributed by atoms with Gasteiger partial charge in [0, 0.05) is 25.6 Å². The summed E-state index contributed by atoms with van der Waals surface area (Å²) in [5, 5.41) is 12.2. The molecule has 4 heteroatoms. The molecule has 1 N–H and O–H groups in total. The van der Waals surface area contributed by atoms with Crippen LogP contribution in [0.25, 0.3) is 0 Å². The summed E-state index contributed by atoms with van der Waals surface area (Å²) < 4.78 is 11.4. The molecule has 0 saturated carbocycles. The van der Waals surface area contributed by atoms with Crippen LogP contribution in [0.4, 0.5) is 0 Å². The van der Waals surface area contributed by atoms with E-state index in [9.17, 15) is 5.11 Å². The minimum atomic E-state index is -0.986. The lowest BCUT2D eigenvalue weighted by Gasteiger charge is -2.43. The van der Waals surface area contributed by atoms with Crippen LogP contribution < -0.4 is 4.74 Å². The van der Waals surface area contributed by atoms with E-state index in [0.717, 1.165) is 57.2 Å². The van der Waals surface area contributed by atoms with Crippen molar-refractivity contribution in [3.05, 3.63) is 65.7 Å². The monoisotopic (exact) mass is 425 g/mol. The van der Waals surface area contributed by atoms with Gasteiger partial charge in [-0.15, -0.1) is 0 Å². The van der Waals surface area contributed by atoms with Gasteiger partial charge >= 0.3 is 0 Å². The van der Waals surface area contributed by atoms with Crippen LogP contribution in [0.3, 0.4) is 0 Å². The largest absolute Gasteiger partial charge is 0.494 e. The van der Waals surface area contributed by atoms with Gasteiger partial charge in [0.15, 0.2) is 0 Å². The molecule has 0 aromatic heterocycles. The first-order chi connectivity index (χ1) is 15.1. The molecule has 2 aromatic carbocycles. The number of aliphatic hydroxyl groups is 1. The predicted molar refractivity (Wildman–Crippen MR) is 127 cm³/mol. The smallest absolute Gasteiger partial charge is 0.119 e. The maximum atomic E-state index is 12.2. The molecule has 31 heavy (non-hydrogen) atoms. The summed E-state index contributed by atoms with van der Waals surface area (Å²) in [7, 11) is 0. The van der Waals surface area contributed by atoms with Crippen molar-refractivity contribution < 1.29 is 14.6 Å². The van der Waals surface area contributed by atoms with Crippen LogP contribution in [0.15, 0.2) is 54.6 Å². The Kier molecular flexibility index (Phi) is 8.94. The molecule has 0 spiro atoms. The first-order valence-electron chi connectivity index (χ1n) is 11.9. The van der Waals surface area contributed by atoms with Gasteiger partial charge in [0.1, 0.15) is 5.75 Å². The molecule has 1 aliphatic heterocycles. The fourth-order valence-electron chi connectivity index (χ4n) is 4.52. The zero-order valence-corrected chi connectivity index (χ0v) is 19.4. The molecule has 0 amide bonds. The van der Waals surface area contributed by atoms with Gasteiger partial charge in [0.25, 0.3) is 0 Å². The van der Waals surface area contributed by atoms with E-state index in [1.807, 2.05) is 30.3 Å². The van der Waals surface area contributed by atoms with E-state index in [4.69, 9.17) is 9.47 Å². The molecule has 3 rings (SSSR count). The Hall–Kier alpha value is -1.88. The van der Waals surface area contributed by atoms with Gasteiger partial charge in [-0.1, -0.05) is 76.1 Å². The van der Waals surface area contributed by atoms with Crippen LogP contribution in [0, 0.1) is 5.92 Å². The van der Waals surface area contributed by atoms with E-state index in [-0.39, 0.29) is 11.8 Å². The molecule has 1 heterocycles. The van der Waals surface area contributed by atoms with Gasteiger partial charge in [0.2, 0.25) is 0 Å². The van der Waals surface area contributed by atoms with Crippen LogP contribution in [-0.4, -0.2) is 49.5 Å². The van der Waals surface area contributed by atoms with E-state index in [1.54, 1.807) is 0 Å². The van der Waals surface area contributed by atoms with Crippen molar-refractivity contribution >= 4 is 0 Å². The third-order valence-electron chi connectivity index (χ3n) is 6.49. The second-order valence-electron chi connectivity index (χ2n) is 8.94. The van der Waals surface area contributed by atoms with E-state index < -0.39 is 5.60 Å². The molecule has 0 aliphatic carbocycles. The van der Waals surface area contributed by atoms with Crippen LogP contribution >= 0.6 is 0 Å². The highest BCUT2D eigenvalue weighted by Gasteiger charge is 2.43. The molecule has 1 aliphatic rings. The SMILES string of the molecule is CCCCCOc1ccc([C@](O)(C(C)C)[C@H](CN2CCOCC2)c2ccccc2)cc1. The Morgan fingerprint density at radius 3 is 2.29 bits per heavy atom. The lowest BCUT2D eigenvalue weighted by atomic mass is 9.70. The number of nitrogens with zero attached hydrogens (tertiary/aromatic N) is 1. The summed E-state index contributed by atoms with van der Waals surface area (Å²) in [5.41, 5.74) is 1.14. The zero-order valence-electron chi connectivity index (χ0n) is 19.4. The number of unbranched alkanes of at least 4 members (excludes halogenated alkanes) is 2. The Morgan fingerprint density at radius 1 is 1.00 bits per heavy atom. The van der Waals surface area contributed by atoms with Gasteiger partial charge in [-0.25, -0.2) is 0 Å². The van der Waals surface area contributed by atoms with Crippen LogP contribution in [0.2, 0.25) is 0 Å². The van der Waals surface area contributed by atoms with Crippen molar-refractivity contribution in [1.29, 1.82) is 0 Å². The molecule has 4 nitrogen and oxygen atoms in total. The van der Waals surface area contributed by atoms with Crippen LogP contribution in [0.1, 0.15) is 57.1 Å². The van der Waals surface area contributed by atoms with Crippen molar-refractivity contribution in [2.75, 3.05) is 39.5 Å². The quantitative estimate of drug-likeness (QED) is 0.502. The first kappa shape index (κ1) is 23.8. The minimum Gasteiger partial charge on any atom is -0.494 e.